The number of fused-ring (bicyclic) bond motifs is 3. The number of anilines is 8. The van der Waals surface area contributed by atoms with Gasteiger partial charge in [0.2, 0.25) is 41.2 Å². The number of hydrogen-bond acceptors (Lipinski definition) is 18. The van der Waals surface area contributed by atoms with E-state index in [2.05, 4.69) is 78.8 Å². The summed E-state index contributed by atoms with van der Waals surface area (Å²) in [6.07, 6.45) is 13.7. The number of halogens is 1. The second-order valence-corrected chi connectivity index (χ2v) is 29.0. The Balaban J connectivity index is 0.686. The molecule has 8 aromatic heterocycles. The molecular formula is C78H92ClN25O14. The van der Waals surface area contributed by atoms with Gasteiger partial charge in [-0.1, -0.05) is 24.3 Å². The van der Waals surface area contributed by atoms with Gasteiger partial charge in [0.1, 0.15) is 40.3 Å². The Kier molecular flexibility index (Phi) is 26.9. The molecule has 10 aromatic rings. The third kappa shape index (κ3) is 20.7. The van der Waals surface area contributed by atoms with Crippen LogP contribution in [0.15, 0.2) is 116 Å². The average molecular weight is 1640 g/mol. The number of aromatic hydroxyl groups is 1. The Morgan fingerprint density at radius 1 is 0.466 bits per heavy atom. The maximum Gasteiger partial charge on any atom is 0.292 e. The van der Waals surface area contributed by atoms with Crippen molar-refractivity contribution in [2.75, 3.05) is 101 Å². The lowest BCUT2D eigenvalue weighted by atomic mass is 9.95. The van der Waals surface area contributed by atoms with Gasteiger partial charge in [-0.25, -0.2) is 15.0 Å². The molecule has 620 valence electrons. The summed E-state index contributed by atoms with van der Waals surface area (Å²) in [7, 11) is 16.6. The lowest BCUT2D eigenvalue weighted by molar-refractivity contribution is -0.127. The number of carbonyl (C=O) groups excluding carboxylic acids is 13. The lowest BCUT2D eigenvalue weighted by Crippen LogP contribution is -2.45. The summed E-state index contributed by atoms with van der Waals surface area (Å²) < 4.78 is 11.7. The molecule has 0 saturated carbocycles. The van der Waals surface area contributed by atoms with Crippen molar-refractivity contribution in [3.05, 3.63) is 168 Å². The van der Waals surface area contributed by atoms with Crippen molar-refractivity contribution in [1.29, 1.82) is 0 Å². The number of aromatic nitrogens is 11. The zero-order valence-electron chi connectivity index (χ0n) is 66.5. The highest BCUT2D eigenvalue weighted by Gasteiger charge is 2.35. The Morgan fingerprint density at radius 3 is 1.40 bits per heavy atom. The fourth-order valence-electron chi connectivity index (χ4n) is 13.5. The molecule has 9 heterocycles. The van der Waals surface area contributed by atoms with Crippen molar-refractivity contribution in [3.63, 3.8) is 0 Å². The molecule has 0 unspecified atom stereocenters. The van der Waals surface area contributed by atoms with E-state index < -0.39 is 71.0 Å². The molecule has 13 amide bonds. The molecule has 1 aliphatic rings. The van der Waals surface area contributed by atoms with Crippen LogP contribution in [0.2, 0.25) is 0 Å². The first kappa shape index (κ1) is 84.8. The summed E-state index contributed by atoms with van der Waals surface area (Å²) in [6, 6.07) is 14.7. The van der Waals surface area contributed by atoms with Gasteiger partial charge in [0.25, 0.3) is 47.3 Å². The minimum absolute atomic E-state index is 0.0158. The Bertz CT molecular complexity index is 5550. The van der Waals surface area contributed by atoms with E-state index in [4.69, 9.17) is 11.6 Å². The number of imidazole rings is 3. The van der Waals surface area contributed by atoms with Crippen molar-refractivity contribution in [3.8, 4) is 5.75 Å². The first-order valence-electron chi connectivity index (χ1n) is 37.5. The molecule has 2 aromatic carbocycles. The number of nitrogens with zero attached hydrogens (tertiary/aromatic N) is 13. The minimum atomic E-state index is -1.37. The van der Waals surface area contributed by atoms with Crippen LogP contribution in [-0.4, -0.2) is 204 Å². The van der Waals surface area contributed by atoms with Crippen LogP contribution in [0.3, 0.4) is 0 Å². The molecule has 2 atom stereocenters. The van der Waals surface area contributed by atoms with Crippen molar-refractivity contribution in [1.82, 2.24) is 83.0 Å². The van der Waals surface area contributed by atoms with Crippen LogP contribution in [0.5, 0.6) is 5.75 Å². The zero-order valence-corrected chi connectivity index (χ0v) is 67.2. The number of benzene rings is 2. The molecule has 1 aliphatic heterocycles. The summed E-state index contributed by atoms with van der Waals surface area (Å²) in [4.78, 5) is 191. The molecule has 39 nitrogen and oxygen atoms in total. The van der Waals surface area contributed by atoms with Crippen molar-refractivity contribution in [2.45, 2.75) is 56.9 Å². The molecule has 11 rings (SSSR count). The van der Waals surface area contributed by atoms with Gasteiger partial charge in [0.05, 0.1) is 34.1 Å². The molecule has 118 heavy (non-hydrogen) atoms. The van der Waals surface area contributed by atoms with Gasteiger partial charge >= 0.3 is 0 Å². The molecule has 0 radical (unpaired) electrons. The molecule has 0 bridgehead atoms. The Hall–Kier alpha value is -14.1. The second-order valence-electron chi connectivity index (χ2n) is 28.7. The number of nitrogens with one attached hydrogen (secondary N) is 12. The maximum atomic E-state index is 14.3. The quantitative estimate of drug-likeness (QED) is 0.0193. The summed E-state index contributed by atoms with van der Waals surface area (Å²) in [5, 5.41) is 45.0. The summed E-state index contributed by atoms with van der Waals surface area (Å²) in [5.41, 5.74) is 3.30. The van der Waals surface area contributed by atoms with Crippen LogP contribution < -0.4 is 68.7 Å². The van der Waals surface area contributed by atoms with Gasteiger partial charge in [-0.15, -0.1) is 11.6 Å². The van der Waals surface area contributed by atoms with Gasteiger partial charge in [-0.05, 0) is 81.2 Å². The predicted octanol–water partition coefficient (Wildman–Crippen LogP) is 4.43. The van der Waals surface area contributed by atoms with Crippen LogP contribution in [0.25, 0.3) is 10.8 Å². The van der Waals surface area contributed by atoms with E-state index in [0.717, 1.165) is 23.9 Å². The van der Waals surface area contributed by atoms with Crippen molar-refractivity contribution >= 4 is 145 Å². The SMILES string of the molecule is CN(C)CCCNC(=O)CCNC(=O)c1cc(NC(=O)c2cc(NC(=O)c3cc(NC(=O)c4nc(NC(=O)[C@@H](CCNC(=O)c5cc(NC(=O)c6cc(NC(=O)c7nc(NC(=O)c8nccn8C)cn7C)cn6C)cn5C)NC(=O)CCCC(=O)NCCC(=O)N5C[C@H](CCl)c6c5cc(O)c5ccccc65)cn4C)cn3C)cn2C)cn1C. The van der Waals surface area contributed by atoms with E-state index in [1.54, 1.807) is 78.8 Å². The van der Waals surface area contributed by atoms with E-state index in [1.807, 2.05) is 37.2 Å². The number of amides is 13. The molecule has 0 fully saturated rings. The van der Waals surface area contributed by atoms with Gasteiger partial charge in [0.15, 0.2) is 17.5 Å². The number of phenols is 1. The number of rotatable bonds is 35. The Labute approximate surface area is 680 Å². The van der Waals surface area contributed by atoms with Gasteiger partial charge < -0.3 is 115 Å². The van der Waals surface area contributed by atoms with Crippen molar-refractivity contribution < 1.29 is 67.4 Å². The molecule has 40 heteroatoms. The van der Waals surface area contributed by atoms with E-state index in [9.17, 15) is 67.4 Å². The zero-order chi connectivity index (χ0) is 84.9. The monoisotopic (exact) mass is 1640 g/mol. The maximum absolute atomic E-state index is 14.3. The molecule has 0 saturated heterocycles. The van der Waals surface area contributed by atoms with E-state index in [-0.39, 0.29) is 168 Å². The summed E-state index contributed by atoms with van der Waals surface area (Å²) in [6.45, 7) is 1.50. The molecule has 13 N–H and O–H groups in total. The first-order chi connectivity index (χ1) is 56.3. The van der Waals surface area contributed by atoms with Crippen LogP contribution in [0.4, 0.5) is 45.8 Å². The number of alkyl halides is 1. The number of phenolic OH excluding ortho intramolecular Hbond substituents is 1. The highest BCUT2D eigenvalue weighted by molar-refractivity contribution is 6.19. The van der Waals surface area contributed by atoms with E-state index in [1.165, 1.54) is 117 Å². The number of hydrogen-bond donors (Lipinski definition) is 13. The van der Waals surface area contributed by atoms with Gasteiger partial charge in [-0.3, -0.25) is 62.3 Å². The lowest BCUT2D eigenvalue weighted by Gasteiger charge is -2.19. The van der Waals surface area contributed by atoms with E-state index in [0.29, 0.717) is 29.9 Å². The molecule has 0 aliphatic carbocycles. The first-order valence-corrected chi connectivity index (χ1v) is 38.0. The minimum Gasteiger partial charge on any atom is -0.507 e. The number of aryl methyl sites for hydroxylation is 8. The summed E-state index contributed by atoms with van der Waals surface area (Å²) >= 11 is 6.38. The normalized spacial score (nSPS) is 12.5. The highest BCUT2D eigenvalue weighted by Crippen LogP contribution is 2.45. The standard InChI is InChI=1S/C78H92ClN25O14/c1-95(2)27-14-22-80-63(107)20-24-84-72(112)55-30-46(38-98(55)5)85-73(113)56-31-47(39-99(56)6)87-75(115)58-33-48(40-101(58)8)88-77(117)68-91-60(42-102(68)9)93-70(110)52(90-64(108)18-13-17-62(106)81-25-21-65(109)104-36-44(35-79)66-51-16-12-11-15-50(51)59(105)34-53(66)104)19-23-83-71(111)54-29-45(37-97(54)4)86-74(114)57-32-49(41-100(57)7)89-78(118)69-92-61(43-103(69)10)94-76(116)67-82-26-28-96(67)3/h11-12,15-16,26,28-34,37-44,52,105H,13-14,17-25,27,35-36H2,1-10H3,(H,80,107)(H,81,106)(H,83,111)(H,84,112)(H,85,113)(H,86,114)(H,87,115)(H,88,117)(H,89,118)(H,90,108)(H,93,110)(H,94,116)/t44-,52+/m0/s1. The van der Waals surface area contributed by atoms with Gasteiger partial charge in [-0.2, -0.15) is 0 Å². The van der Waals surface area contributed by atoms with Crippen LogP contribution >= 0.6 is 11.6 Å². The van der Waals surface area contributed by atoms with Crippen LogP contribution in [0, 0.1) is 0 Å². The van der Waals surface area contributed by atoms with Crippen LogP contribution in [0.1, 0.15) is 141 Å². The smallest absolute Gasteiger partial charge is 0.292 e. The predicted molar refractivity (Wildman–Crippen MR) is 438 cm³/mol. The van der Waals surface area contributed by atoms with Crippen LogP contribution in [-0.2, 0) is 80.4 Å². The topological polar surface area (TPSA) is 471 Å². The highest BCUT2D eigenvalue weighted by atomic mass is 35.5. The fourth-order valence-corrected chi connectivity index (χ4v) is 13.7. The number of carbonyl (C=O) groups is 13. The average Bonchev–Trinajstić information content (AvgIpc) is 1.58. The largest absolute Gasteiger partial charge is 0.507 e. The van der Waals surface area contributed by atoms with Gasteiger partial charge in [0, 0.05) is 194 Å². The summed E-state index contributed by atoms with van der Waals surface area (Å²) in [5.74, 6) is -7.22. The third-order valence-electron chi connectivity index (χ3n) is 19.4. The second kappa shape index (κ2) is 37.4. The molecule has 0 spiro atoms. The Morgan fingerprint density at radius 2 is 0.907 bits per heavy atom. The molecular weight excluding hydrogens is 1550 g/mol. The fraction of sp³-hybridized carbons (Fsp3) is 0.333. The van der Waals surface area contributed by atoms with E-state index >= 15 is 0 Å². The van der Waals surface area contributed by atoms with Crippen molar-refractivity contribution in [2.24, 2.45) is 56.4 Å². The third-order valence-corrected chi connectivity index (χ3v) is 19.7.